The number of carbonyl (C=O) groups excluding carboxylic acids is 1. The molecular formula is C22H28O5. The monoisotopic (exact) mass is 372 g/mol. The van der Waals surface area contributed by atoms with Crippen LogP contribution in [0.3, 0.4) is 0 Å². The van der Waals surface area contributed by atoms with Crippen LogP contribution in [-0.2, 0) is 19.1 Å². The van der Waals surface area contributed by atoms with Gasteiger partial charge in [0.25, 0.3) is 0 Å². The quantitative estimate of drug-likeness (QED) is 0.456. The van der Waals surface area contributed by atoms with Crippen molar-refractivity contribution in [3.05, 3.63) is 72.8 Å². The van der Waals surface area contributed by atoms with Gasteiger partial charge in [0.05, 0.1) is 6.61 Å². The summed E-state index contributed by atoms with van der Waals surface area (Å²) in [6, 6.07) is 20.8. The van der Waals surface area contributed by atoms with E-state index in [1.165, 1.54) is 25.0 Å². The Hall–Kier alpha value is -2.92. The first-order valence-corrected chi connectivity index (χ1v) is 8.58. The minimum absolute atomic E-state index is 0.176. The van der Waals surface area contributed by atoms with Crippen molar-refractivity contribution in [2.24, 2.45) is 0 Å². The maximum Gasteiger partial charge on any atom is 0.330 e. The van der Waals surface area contributed by atoms with Gasteiger partial charge in [0, 0.05) is 19.1 Å². The Labute approximate surface area is 161 Å². The van der Waals surface area contributed by atoms with Crippen LogP contribution in [0.15, 0.2) is 72.8 Å². The van der Waals surface area contributed by atoms with Crippen molar-refractivity contribution < 1.29 is 24.2 Å². The van der Waals surface area contributed by atoms with Crippen LogP contribution in [0.4, 0.5) is 0 Å². The summed E-state index contributed by atoms with van der Waals surface area (Å²) in [6.07, 6.45) is 0. The van der Waals surface area contributed by atoms with Crippen LogP contribution in [0.2, 0.25) is 0 Å². The Morgan fingerprint density at radius 1 is 0.889 bits per heavy atom. The van der Waals surface area contributed by atoms with E-state index in [2.05, 4.69) is 59.8 Å². The molecule has 0 bridgehead atoms. The number of carboxylic acid groups (broad SMARTS) is 1. The lowest BCUT2D eigenvalue weighted by molar-refractivity contribution is -0.142. The summed E-state index contributed by atoms with van der Waals surface area (Å²) < 4.78 is 9.49. The molecule has 0 unspecified atom stereocenters. The van der Waals surface area contributed by atoms with Gasteiger partial charge in [-0.1, -0.05) is 67.2 Å². The van der Waals surface area contributed by atoms with E-state index in [1.54, 1.807) is 0 Å². The zero-order valence-electron chi connectivity index (χ0n) is 16.2. The first-order valence-electron chi connectivity index (χ1n) is 8.58. The second-order valence-electron chi connectivity index (χ2n) is 5.35. The van der Waals surface area contributed by atoms with E-state index < -0.39 is 5.97 Å². The van der Waals surface area contributed by atoms with Crippen LogP contribution in [0.25, 0.3) is 11.1 Å². The molecule has 0 radical (unpaired) electrons. The number of hydrogen-bond donors (Lipinski definition) is 1. The summed E-state index contributed by atoms with van der Waals surface area (Å²) in [5.41, 5.74) is 2.73. The zero-order valence-corrected chi connectivity index (χ0v) is 16.2. The molecule has 0 fully saturated rings. The van der Waals surface area contributed by atoms with Crippen LogP contribution >= 0.6 is 0 Å². The Bertz CT molecular complexity index is 616. The van der Waals surface area contributed by atoms with Crippen molar-refractivity contribution in [1.29, 1.82) is 0 Å². The third-order valence-corrected chi connectivity index (χ3v) is 2.98. The fraction of sp³-hybridized carbons (Fsp3) is 0.273. The molecule has 0 amide bonds. The van der Waals surface area contributed by atoms with Crippen molar-refractivity contribution in [3.8, 4) is 11.1 Å². The predicted octanol–water partition coefficient (Wildman–Crippen LogP) is 4.59. The number of esters is 1. The molecule has 2 aromatic carbocycles. The maximum absolute atomic E-state index is 10.1. The second kappa shape index (κ2) is 15.3. The minimum atomic E-state index is -0.935. The van der Waals surface area contributed by atoms with Gasteiger partial charge >= 0.3 is 11.9 Å². The molecular weight excluding hydrogens is 344 g/mol. The van der Waals surface area contributed by atoms with E-state index >= 15 is 0 Å². The summed E-state index contributed by atoms with van der Waals surface area (Å²) >= 11 is 0. The molecule has 27 heavy (non-hydrogen) atoms. The zero-order chi connectivity index (χ0) is 20.5. The number of benzene rings is 2. The highest BCUT2D eigenvalue weighted by molar-refractivity contribution is 5.84. The molecule has 0 aromatic heterocycles. The standard InChI is InChI=1S/C12H10.C6H12O3.C4H6O2/c1-3-7-11(8-4-1)12-9-5-2-6-10-12;1-3-8-4-5-9-6(2)7;1-3(2)4(5)6/h1-10H;3-5H2,1-2H3;1H2,2H3,(H,5,6). The molecule has 0 aliphatic heterocycles. The van der Waals surface area contributed by atoms with Crippen molar-refractivity contribution in [2.75, 3.05) is 19.8 Å². The summed E-state index contributed by atoms with van der Waals surface area (Å²) in [5, 5.41) is 7.89. The summed E-state index contributed by atoms with van der Waals surface area (Å²) in [7, 11) is 0. The highest BCUT2D eigenvalue weighted by atomic mass is 16.6. The average molecular weight is 372 g/mol. The van der Waals surface area contributed by atoms with E-state index in [0.717, 1.165) is 0 Å². The Morgan fingerprint density at radius 3 is 1.59 bits per heavy atom. The number of ether oxygens (including phenoxy) is 2. The van der Waals surface area contributed by atoms with Gasteiger partial charge in [-0.25, -0.2) is 4.79 Å². The SMILES string of the molecule is C=C(C)C(=O)O.CCOCCOC(C)=O.c1ccc(-c2ccccc2)cc1. The van der Waals surface area contributed by atoms with Gasteiger partial charge in [-0.3, -0.25) is 4.79 Å². The van der Waals surface area contributed by atoms with Crippen LogP contribution in [-0.4, -0.2) is 36.9 Å². The Morgan fingerprint density at radius 2 is 1.30 bits per heavy atom. The number of aliphatic carboxylic acids is 1. The largest absolute Gasteiger partial charge is 0.478 e. The normalized spacial score (nSPS) is 9.00. The highest BCUT2D eigenvalue weighted by Crippen LogP contribution is 2.17. The number of carbonyl (C=O) groups is 2. The van der Waals surface area contributed by atoms with E-state index in [1.807, 2.05) is 19.1 Å². The van der Waals surface area contributed by atoms with Crippen LogP contribution in [0.1, 0.15) is 20.8 Å². The second-order valence-corrected chi connectivity index (χ2v) is 5.35. The molecule has 2 rings (SSSR count). The van der Waals surface area contributed by atoms with Gasteiger partial charge in [-0.15, -0.1) is 0 Å². The smallest absolute Gasteiger partial charge is 0.330 e. The lowest BCUT2D eigenvalue weighted by atomic mass is 10.1. The fourth-order valence-corrected chi connectivity index (χ4v) is 1.65. The lowest BCUT2D eigenvalue weighted by Gasteiger charge is -1.99. The Balaban J connectivity index is 0.000000403. The summed E-state index contributed by atoms with van der Waals surface area (Å²) in [5.74, 6) is -1.19. The number of rotatable bonds is 6. The summed E-state index contributed by atoms with van der Waals surface area (Å²) in [4.78, 5) is 19.7. The predicted molar refractivity (Wildman–Crippen MR) is 107 cm³/mol. The van der Waals surface area contributed by atoms with Crippen LogP contribution in [0, 0.1) is 0 Å². The van der Waals surface area contributed by atoms with Crippen molar-refractivity contribution in [1.82, 2.24) is 0 Å². The molecule has 0 heterocycles. The molecule has 5 nitrogen and oxygen atoms in total. The molecule has 1 N–H and O–H groups in total. The van der Waals surface area contributed by atoms with Gasteiger partial charge in [0.1, 0.15) is 6.61 Å². The molecule has 0 aliphatic carbocycles. The van der Waals surface area contributed by atoms with E-state index in [9.17, 15) is 9.59 Å². The topological polar surface area (TPSA) is 72.8 Å². The van der Waals surface area contributed by atoms with Gasteiger partial charge in [0.2, 0.25) is 0 Å². The first-order chi connectivity index (χ1) is 12.9. The molecule has 0 spiro atoms. The van der Waals surface area contributed by atoms with Gasteiger partial charge in [0.15, 0.2) is 0 Å². The number of hydrogen-bond acceptors (Lipinski definition) is 4. The van der Waals surface area contributed by atoms with Crippen LogP contribution < -0.4 is 0 Å². The molecule has 5 heteroatoms. The Kier molecular flexibility index (Phi) is 13.7. The molecule has 0 aliphatic rings. The molecule has 0 saturated carbocycles. The average Bonchev–Trinajstić information content (AvgIpc) is 2.67. The van der Waals surface area contributed by atoms with E-state index in [0.29, 0.717) is 19.8 Å². The maximum atomic E-state index is 10.1. The summed E-state index contributed by atoms with van der Waals surface area (Å²) in [6.45, 7) is 9.41. The lowest BCUT2D eigenvalue weighted by Crippen LogP contribution is -2.06. The van der Waals surface area contributed by atoms with Crippen molar-refractivity contribution in [2.45, 2.75) is 20.8 Å². The van der Waals surface area contributed by atoms with Gasteiger partial charge < -0.3 is 14.6 Å². The van der Waals surface area contributed by atoms with Crippen molar-refractivity contribution in [3.63, 3.8) is 0 Å². The van der Waals surface area contributed by atoms with E-state index in [-0.39, 0.29) is 11.5 Å². The fourth-order valence-electron chi connectivity index (χ4n) is 1.65. The molecule has 0 atom stereocenters. The third kappa shape index (κ3) is 14.0. The third-order valence-electron chi connectivity index (χ3n) is 2.98. The molecule has 2 aromatic rings. The van der Waals surface area contributed by atoms with E-state index in [4.69, 9.17) is 9.84 Å². The van der Waals surface area contributed by atoms with Gasteiger partial charge in [-0.05, 0) is 25.0 Å². The van der Waals surface area contributed by atoms with Gasteiger partial charge in [-0.2, -0.15) is 0 Å². The van der Waals surface area contributed by atoms with Crippen molar-refractivity contribution >= 4 is 11.9 Å². The number of carboxylic acids is 1. The molecule has 146 valence electrons. The first kappa shape index (κ1) is 24.1. The highest BCUT2D eigenvalue weighted by Gasteiger charge is 1.92. The molecule has 0 saturated heterocycles. The minimum Gasteiger partial charge on any atom is -0.478 e. The van der Waals surface area contributed by atoms with Crippen LogP contribution in [0.5, 0.6) is 0 Å².